The molecule has 20 heavy (non-hydrogen) atoms. The van der Waals surface area contributed by atoms with Crippen LogP contribution in [-0.2, 0) is 11.3 Å². The molecule has 1 heterocycles. The Morgan fingerprint density at radius 1 is 1.25 bits per heavy atom. The summed E-state index contributed by atoms with van der Waals surface area (Å²) in [6.45, 7) is 0.606. The van der Waals surface area contributed by atoms with Gasteiger partial charge in [-0.2, -0.15) is 5.10 Å². The van der Waals surface area contributed by atoms with E-state index in [0.29, 0.717) is 18.9 Å². The average molecular weight is 269 g/mol. The molecule has 2 aromatic rings. The van der Waals surface area contributed by atoms with Crippen LogP contribution in [0, 0.1) is 5.92 Å². The van der Waals surface area contributed by atoms with E-state index in [4.69, 9.17) is 0 Å². The molecule has 0 unspecified atom stereocenters. The van der Waals surface area contributed by atoms with Crippen LogP contribution in [0.15, 0.2) is 36.5 Å². The van der Waals surface area contributed by atoms with Crippen molar-refractivity contribution in [3.05, 3.63) is 42.1 Å². The van der Waals surface area contributed by atoms with Gasteiger partial charge < -0.3 is 5.32 Å². The maximum absolute atomic E-state index is 11.7. The number of hydrogen-bond donors (Lipinski definition) is 2. The lowest BCUT2D eigenvalue weighted by molar-refractivity contribution is -0.122. The van der Waals surface area contributed by atoms with Gasteiger partial charge in [-0.25, -0.2) is 0 Å². The van der Waals surface area contributed by atoms with E-state index in [-0.39, 0.29) is 5.91 Å². The highest BCUT2D eigenvalue weighted by Crippen LogP contribution is 2.29. The van der Waals surface area contributed by atoms with Gasteiger partial charge in [-0.3, -0.25) is 9.89 Å². The number of carbonyl (C=O) groups is 1. The van der Waals surface area contributed by atoms with Crippen LogP contribution in [0.4, 0.5) is 0 Å². The molecule has 3 rings (SSSR count). The zero-order chi connectivity index (χ0) is 13.8. The molecule has 1 aliphatic rings. The summed E-state index contributed by atoms with van der Waals surface area (Å²) in [6.07, 6.45) is 6.14. The van der Waals surface area contributed by atoms with Gasteiger partial charge in [0.05, 0.1) is 5.69 Å². The Kier molecular flexibility index (Phi) is 3.81. The maximum atomic E-state index is 11.7. The lowest BCUT2D eigenvalue weighted by Crippen LogP contribution is -2.27. The molecule has 1 aromatic carbocycles. The van der Waals surface area contributed by atoms with Crippen LogP contribution in [0.3, 0.4) is 0 Å². The van der Waals surface area contributed by atoms with Crippen molar-refractivity contribution in [2.24, 2.45) is 5.92 Å². The molecular weight excluding hydrogens is 250 g/mol. The summed E-state index contributed by atoms with van der Waals surface area (Å²) in [4.78, 5) is 11.7. The number of hydrogen-bond acceptors (Lipinski definition) is 2. The first kappa shape index (κ1) is 12.9. The van der Waals surface area contributed by atoms with Crippen LogP contribution in [0.25, 0.3) is 11.3 Å². The highest BCUT2D eigenvalue weighted by atomic mass is 16.1. The average Bonchev–Trinajstić information content (AvgIpc) is 2.95. The van der Waals surface area contributed by atoms with E-state index in [0.717, 1.165) is 16.8 Å². The second-order valence-corrected chi connectivity index (χ2v) is 5.45. The lowest BCUT2D eigenvalue weighted by atomic mass is 9.83. The number of nitrogens with one attached hydrogen (secondary N) is 2. The predicted octanol–water partition coefficient (Wildman–Crippen LogP) is 2.88. The van der Waals surface area contributed by atoms with Crippen molar-refractivity contribution < 1.29 is 4.79 Å². The molecular formula is C16H19N3O. The van der Waals surface area contributed by atoms with Gasteiger partial charge in [0.2, 0.25) is 5.91 Å². The van der Waals surface area contributed by atoms with E-state index in [2.05, 4.69) is 15.5 Å². The van der Waals surface area contributed by atoms with Crippen LogP contribution in [0.1, 0.15) is 31.2 Å². The van der Waals surface area contributed by atoms with Crippen molar-refractivity contribution in [3.63, 3.8) is 0 Å². The van der Waals surface area contributed by atoms with E-state index in [9.17, 15) is 4.79 Å². The smallest absolute Gasteiger partial charge is 0.220 e. The molecule has 0 saturated heterocycles. The zero-order valence-electron chi connectivity index (χ0n) is 11.4. The molecule has 0 atom stereocenters. The van der Waals surface area contributed by atoms with Crippen LogP contribution in [0.2, 0.25) is 0 Å². The molecule has 0 aliphatic heterocycles. The molecule has 1 aliphatic carbocycles. The van der Waals surface area contributed by atoms with E-state index in [1.807, 2.05) is 30.3 Å². The number of carbonyl (C=O) groups excluding carboxylic acids is 1. The first-order chi connectivity index (χ1) is 9.81. The minimum atomic E-state index is 0.173. The van der Waals surface area contributed by atoms with Gasteiger partial charge in [-0.05, 0) is 36.0 Å². The quantitative estimate of drug-likeness (QED) is 0.877. The molecule has 1 saturated carbocycles. The van der Waals surface area contributed by atoms with Crippen molar-refractivity contribution in [1.29, 1.82) is 0 Å². The monoisotopic (exact) mass is 269 g/mol. The van der Waals surface area contributed by atoms with Gasteiger partial charge in [0, 0.05) is 19.2 Å². The molecule has 0 bridgehead atoms. The molecule has 0 radical (unpaired) electrons. The van der Waals surface area contributed by atoms with Gasteiger partial charge in [0.1, 0.15) is 0 Å². The van der Waals surface area contributed by atoms with Gasteiger partial charge in [-0.15, -0.1) is 0 Å². The zero-order valence-corrected chi connectivity index (χ0v) is 11.4. The minimum Gasteiger partial charge on any atom is -0.352 e. The minimum absolute atomic E-state index is 0.173. The molecule has 4 heteroatoms. The molecule has 1 aromatic heterocycles. The predicted molar refractivity (Wildman–Crippen MR) is 77.8 cm³/mol. The summed E-state index contributed by atoms with van der Waals surface area (Å²) in [6, 6.07) is 10.1. The first-order valence-corrected chi connectivity index (χ1v) is 7.16. The van der Waals surface area contributed by atoms with E-state index in [1.165, 1.54) is 19.3 Å². The van der Waals surface area contributed by atoms with Crippen molar-refractivity contribution in [3.8, 4) is 11.3 Å². The van der Waals surface area contributed by atoms with Gasteiger partial charge in [-0.1, -0.05) is 30.7 Å². The molecule has 104 valence electrons. The standard InChI is InChI=1S/C16H19N3O/c20-16(10-12-2-1-3-12)17-11-13-4-6-14(7-5-13)15-8-9-18-19-15/h4-9,12H,1-3,10-11H2,(H,17,20)(H,18,19). The third-order valence-electron chi connectivity index (χ3n) is 3.95. The van der Waals surface area contributed by atoms with Gasteiger partial charge in [0.15, 0.2) is 0 Å². The number of aromatic amines is 1. The third kappa shape index (κ3) is 3.07. The topological polar surface area (TPSA) is 57.8 Å². The van der Waals surface area contributed by atoms with Crippen LogP contribution >= 0.6 is 0 Å². The van der Waals surface area contributed by atoms with Crippen molar-refractivity contribution in [2.45, 2.75) is 32.2 Å². The summed E-state index contributed by atoms with van der Waals surface area (Å²) >= 11 is 0. The second kappa shape index (κ2) is 5.90. The van der Waals surface area contributed by atoms with Gasteiger partial charge >= 0.3 is 0 Å². The largest absolute Gasteiger partial charge is 0.352 e. The fraction of sp³-hybridized carbons (Fsp3) is 0.375. The number of amides is 1. The Morgan fingerprint density at radius 2 is 2.05 bits per heavy atom. The highest BCUT2D eigenvalue weighted by molar-refractivity contribution is 5.76. The number of benzene rings is 1. The Hall–Kier alpha value is -2.10. The Labute approximate surface area is 118 Å². The SMILES string of the molecule is O=C(CC1CCC1)NCc1ccc(-c2ccn[nH]2)cc1. The first-order valence-electron chi connectivity index (χ1n) is 7.16. The number of rotatable bonds is 5. The van der Waals surface area contributed by atoms with E-state index in [1.54, 1.807) is 6.20 Å². The summed E-state index contributed by atoms with van der Waals surface area (Å²) in [5, 5.41) is 9.87. The Morgan fingerprint density at radius 3 is 2.65 bits per heavy atom. The fourth-order valence-corrected chi connectivity index (χ4v) is 2.45. The molecule has 1 amide bonds. The second-order valence-electron chi connectivity index (χ2n) is 5.45. The van der Waals surface area contributed by atoms with Crippen molar-refractivity contribution in [1.82, 2.24) is 15.5 Å². The Bertz CT molecular complexity index is 556. The number of H-pyrrole nitrogens is 1. The molecule has 1 fully saturated rings. The summed E-state index contributed by atoms with van der Waals surface area (Å²) in [5.41, 5.74) is 3.23. The third-order valence-corrected chi connectivity index (χ3v) is 3.95. The van der Waals surface area contributed by atoms with Gasteiger partial charge in [0.25, 0.3) is 0 Å². The highest BCUT2D eigenvalue weighted by Gasteiger charge is 2.20. The van der Waals surface area contributed by atoms with Crippen molar-refractivity contribution in [2.75, 3.05) is 0 Å². The molecule has 4 nitrogen and oxygen atoms in total. The summed E-state index contributed by atoms with van der Waals surface area (Å²) in [5.74, 6) is 0.796. The maximum Gasteiger partial charge on any atom is 0.220 e. The van der Waals surface area contributed by atoms with Crippen LogP contribution in [0.5, 0.6) is 0 Å². The van der Waals surface area contributed by atoms with E-state index >= 15 is 0 Å². The number of aromatic nitrogens is 2. The normalized spacial score (nSPS) is 14.8. The van der Waals surface area contributed by atoms with E-state index < -0.39 is 0 Å². The molecule has 0 spiro atoms. The van der Waals surface area contributed by atoms with Crippen LogP contribution in [-0.4, -0.2) is 16.1 Å². The summed E-state index contributed by atoms with van der Waals surface area (Å²) in [7, 11) is 0. The Balaban J connectivity index is 1.51. The number of nitrogens with zero attached hydrogens (tertiary/aromatic N) is 1. The van der Waals surface area contributed by atoms with Crippen LogP contribution < -0.4 is 5.32 Å². The van der Waals surface area contributed by atoms with Crippen molar-refractivity contribution >= 4 is 5.91 Å². The summed E-state index contributed by atoms with van der Waals surface area (Å²) < 4.78 is 0. The lowest BCUT2D eigenvalue weighted by Gasteiger charge is -2.24. The molecule has 2 N–H and O–H groups in total. The fourth-order valence-electron chi connectivity index (χ4n) is 2.45.